The minimum atomic E-state index is -4.11. The normalized spacial score (nSPS) is 21.3. The maximum Gasteiger partial charge on any atom is 0.264 e. The van der Waals surface area contributed by atoms with E-state index in [0.717, 1.165) is 66.7 Å². The first kappa shape index (κ1) is 30.0. The first-order valence-corrected chi connectivity index (χ1v) is 16.9. The van der Waals surface area contributed by atoms with Crippen LogP contribution in [-0.4, -0.2) is 74.2 Å². The summed E-state index contributed by atoms with van der Waals surface area (Å²) in [5.41, 5.74) is 2.57. The van der Waals surface area contributed by atoms with Gasteiger partial charge in [0.15, 0.2) is 0 Å². The molecule has 11 nitrogen and oxygen atoms in total. The highest BCUT2D eigenvalue weighted by Crippen LogP contribution is 2.32. The Morgan fingerprint density at radius 3 is 2.65 bits per heavy atom. The van der Waals surface area contributed by atoms with E-state index < -0.39 is 22.0 Å². The van der Waals surface area contributed by atoms with E-state index in [-0.39, 0.29) is 27.4 Å². The van der Waals surface area contributed by atoms with Gasteiger partial charge in [-0.1, -0.05) is 41.3 Å². The second-order valence-electron chi connectivity index (χ2n) is 11.2. The summed E-state index contributed by atoms with van der Waals surface area (Å²) in [6.45, 7) is 3.29. The van der Waals surface area contributed by atoms with Gasteiger partial charge in [0.05, 0.1) is 26.7 Å². The van der Waals surface area contributed by atoms with Crippen molar-refractivity contribution in [3.63, 3.8) is 0 Å². The second-order valence-corrected chi connectivity index (χ2v) is 13.9. The predicted octanol–water partition coefficient (Wildman–Crippen LogP) is 3.92. The molecule has 2 unspecified atom stereocenters. The number of rotatable bonds is 8. The molecule has 1 N–H and O–H groups in total. The van der Waals surface area contributed by atoms with Crippen LogP contribution in [0.3, 0.4) is 0 Å². The molecule has 1 amide bonds. The topological polar surface area (TPSA) is 126 Å². The number of halogens is 2. The third kappa shape index (κ3) is 6.57. The molecule has 2 aromatic heterocycles. The number of carbonyl (C=O) groups excluding carboxylic acids is 1. The first-order valence-electron chi connectivity index (χ1n) is 14.7. The number of hydrogen-bond donors (Lipinski definition) is 1. The molecular formula is C29H34Cl2N8O3S. The SMILES string of the molecule is O=C1NC=CN(S(=O)(=O)c2ccc(Cl)c(Cl)c2)C1Cc1cn(C2CCCc3nc(CCN4CCCCCC4)ncc32)nn1. The lowest BCUT2D eigenvalue weighted by Crippen LogP contribution is -2.50. The maximum absolute atomic E-state index is 13.5. The quantitative estimate of drug-likeness (QED) is 0.391. The zero-order chi connectivity index (χ0) is 30.0. The number of nitrogens with zero attached hydrogens (tertiary/aromatic N) is 7. The highest BCUT2D eigenvalue weighted by atomic mass is 35.5. The molecule has 3 aliphatic rings. The average molecular weight is 646 g/mol. The molecule has 1 aliphatic carbocycles. The molecule has 0 radical (unpaired) electrons. The zero-order valence-electron chi connectivity index (χ0n) is 23.7. The van der Waals surface area contributed by atoms with Crippen LogP contribution in [0.2, 0.25) is 10.0 Å². The first-order chi connectivity index (χ1) is 20.8. The van der Waals surface area contributed by atoms with Crippen LogP contribution in [0, 0.1) is 0 Å². The second kappa shape index (κ2) is 12.9. The largest absolute Gasteiger partial charge is 0.329 e. The van der Waals surface area contributed by atoms with Crippen LogP contribution < -0.4 is 5.32 Å². The molecule has 43 heavy (non-hydrogen) atoms. The summed E-state index contributed by atoms with van der Waals surface area (Å²) in [7, 11) is -4.11. The van der Waals surface area contributed by atoms with E-state index >= 15 is 0 Å². The van der Waals surface area contributed by atoms with Crippen molar-refractivity contribution in [1.82, 2.24) is 39.5 Å². The van der Waals surface area contributed by atoms with Gasteiger partial charge in [0.1, 0.15) is 11.9 Å². The maximum atomic E-state index is 13.5. The summed E-state index contributed by atoms with van der Waals surface area (Å²) in [5.74, 6) is 0.410. The minimum Gasteiger partial charge on any atom is -0.329 e. The number of sulfonamides is 1. The van der Waals surface area contributed by atoms with Gasteiger partial charge in [-0.2, -0.15) is 0 Å². The monoisotopic (exact) mass is 644 g/mol. The molecule has 0 bridgehead atoms. The number of hydrogen-bond acceptors (Lipinski definition) is 8. The third-order valence-corrected chi connectivity index (χ3v) is 10.9. The number of fused-ring (bicyclic) bond motifs is 1. The summed E-state index contributed by atoms with van der Waals surface area (Å²) in [6.07, 6.45) is 15.1. The van der Waals surface area contributed by atoms with Crippen molar-refractivity contribution in [2.45, 2.75) is 74.8 Å². The fourth-order valence-corrected chi connectivity index (χ4v) is 7.87. The smallest absolute Gasteiger partial charge is 0.264 e. The van der Waals surface area contributed by atoms with Gasteiger partial charge >= 0.3 is 0 Å². The molecule has 2 atom stereocenters. The Hall–Kier alpha value is -3.06. The van der Waals surface area contributed by atoms with Gasteiger partial charge in [0, 0.05) is 55.4 Å². The third-order valence-electron chi connectivity index (χ3n) is 8.35. The van der Waals surface area contributed by atoms with Crippen molar-refractivity contribution in [2.75, 3.05) is 19.6 Å². The molecule has 0 spiro atoms. The number of aryl methyl sites for hydroxylation is 1. The summed E-state index contributed by atoms with van der Waals surface area (Å²) in [5, 5.41) is 11.6. The van der Waals surface area contributed by atoms with Crippen molar-refractivity contribution >= 4 is 39.1 Å². The summed E-state index contributed by atoms with van der Waals surface area (Å²) in [6, 6.07) is 2.90. The van der Waals surface area contributed by atoms with E-state index in [1.165, 1.54) is 56.3 Å². The van der Waals surface area contributed by atoms with Gasteiger partial charge in [-0.05, 0) is 63.4 Å². The van der Waals surface area contributed by atoms with Crippen molar-refractivity contribution in [1.29, 1.82) is 0 Å². The fourth-order valence-electron chi connectivity index (χ4n) is 6.03. The Bertz CT molecular complexity index is 1620. The van der Waals surface area contributed by atoms with Crippen LogP contribution >= 0.6 is 23.2 Å². The Labute approximate surface area is 261 Å². The molecule has 2 aliphatic heterocycles. The molecular weight excluding hydrogens is 611 g/mol. The Morgan fingerprint density at radius 2 is 1.86 bits per heavy atom. The van der Waals surface area contributed by atoms with Crippen molar-refractivity contribution in [3.8, 4) is 0 Å². The fraction of sp³-hybridized carbons (Fsp3) is 0.483. The molecule has 3 aromatic rings. The molecule has 6 rings (SSSR count). The van der Waals surface area contributed by atoms with Crippen LogP contribution in [0.15, 0.2) is 47.9 Å². The van der Waals surface area contributed by atoms with Crippen molar-refractivity contribution < 1.29 is 13.2 Å². The van der Waals surface area contributed by atoms with Gasteiger partial charge in [-0.3, -0.25) is 9.10 Å². The summed E-state index contributed by atoms with van der Waals surface area (Å²) < 4.78 is 29.8. The standard InChI is InChI=1S/C29H34Cl2N8O3S/c30-23-9-8-21(17-24(23)31)43(41,42)39-15-11-32-29(40)27(39)16-20-19-38(36-35-20)26-7-5-6-25-22(26)18-33-28(34-25)10-14-37-12-3-1-2-4-13-37/h8-9,11,15,17-19,26-27H,1-7,10,12-14,16H2,(H,32,40). The van der Waals surface area contributed by atoms with Crippen molar-refractivity contribution in [3.05, 3.63) is 75.8 Å². The van der Waals surface area contributed by atoms with E-state index in [0.29, 0.717) is 5.69 Å². The minimum absolute atomic E-state index is 0.0300. The molecule has 1 saturated heterocycles. The van der Waals surface area contributed by atoms with Gasteiger partial charge in [-0.25, -0.2) is 23.1 Å². The van der Waals surface area contributed by atoms with E-state index in [1.54, 1.807) is 10.9 Å². The lowest BCUT2D eigenvalue weighted by molar-refractivity contribution is -0.124. The number of benzene rings is 1. The average Bonchev–Trinajstić information content (AvgIpc) is 3.31. The summed E-state index contributed by atoms with van der Waals surface area (Å²) in [4.78, 5) is 25.0. The lowest BCUT2D eigenvalue weighted by Gasteiger charge is -2.31. The van der Waals surface area contributed by atoms with E-state index in [4.69, 9.17) is 33.2 Å². The van der Waals surface area contributed by atoms with Crippen LogP contribution in [0.5, 0.6) is 0 Å². The number of nitrogens with one attached hydrogen (secondary N) is 1. The molecule has 228 valence electrons. The number of likely N-dealkylation sites (tertiary alicyclic amines) is 1. The van der Waals surface area contributed by atoms with Crippen molar-refractivity contribution in [2.24, 2.45) is 0 Å². The van der Waals surface area contributed by atoms with Gasteiger partial charge in [-0.15, -0.1) is 5.10 Å². The van der Waals surface area contributed by atoms with Crippen LogP contribution in [0.25, 0.3) is 0 Å². The zero-order valence-corrected chi connectivity index (χ0v) is 26.0. The highest BCUT2D eigenvalue weighted by molar-refractivity contribution is 7.89. The molecule has 14 heteroatoms. The van der Waals surface area contributed by atoms with Gasteiger partial charge < -0.3 is 10.2 Å². The van der Waals surface area contributed by atoms with Gasteiger partial charge in [0.25, 0.3) is 10.0 Å². The van der Waals surface area contributed by atoms with Gasteiger partial charge in [0.2, 0.25) is 5.91 Å². The van der Waals surface area contributed by atoms with E-state index in [2.05, 4.69) is 20.5 Å². The number of amides is 1. The van der Waals surface area contributed by atoms with Crippen LogP contribution in [0.4, 0.5) is 0 Å². The Kier molecular flexibility index (Phi) is 8.99. The van der Waals surface area contributed by atoms with Crippen LogP contribution in [-0.2, 0) is 34.1 Å². The Balaban J connectivity index is 1.17. The molecule has 0 saturated carbocycles. The molecule has 1 aromatic carbocycles. The summed E-state index contributed by atoms with van der Waals surface area (Å²) >= 11 is 12.1. The van der Waals surface area contributed by atoms with E-state index in [9.17, 15) is 13.2 Å². The number of carbonyl (C=O) groups is 1. The lowest BCUT2D eigenvalue weighted by atomic mass is 9.92. The number of aromatic nitrogens is 5. The predicted molar refractivity (Wildman–Crippen MR) is 162 cm³/mol. The molecule has 1 fully saturated rings. The Morgan fingerprint density at radius 1 is 1.05 bits per heavy atom. The molecule has 4 heterocycles. The highest BCUT2D eigenvalue weighted by Gasteiger charge is 2.37. The van der Waals surface area contributed by atoms with Crippen LogP contribution in [0.1, 0.15) is 67.3 Å². The van der Waals surface area contributed by atoms with E-state index in [1.807, 2.05) is 6.20 Å².